The van der Waals surface area contributed by atoms with Crippen molar-refractivity contribution in [3.05, 3.63) is 58.3 Å². The number of ether oxygens (including phenoxy) is 1. The maximum absolute atomic E-state index is 14.9. The fraction of sp³-hybridized carbons (Fsp3) is 0.452. The molecule has 2 aromatic heterocycles. The van der Waals surface area contributed by atoms with Crippen molar-refractivity contribution in [2.45, 2.75) is 57.2 Å². The molecule has 3 aliphatic rings. The number of anilines is 1. The first-order chi connectivity index (χ1) is 21.1. The fourth-order valence-electron chi connectivity index (χ4n) is 6.74. The standard InChI is InChI=1S/C31H35FN6O3/c1-3-23-25(32)9-6-18-13-22(39)14-26(27(18)23)38-12-10-24-28(30(38)40)34-31(41-17-21-5-4-11-36(21)2)35-29(24)37-15-19-7-8-20(16-37)33-19/h6,9-10,12-14,19-21,33,39H,3-5,7-8,11,15-17H2,1-2H3/t19-,20+,21-/m0/s1/i2D3. The molecule has 0 unspecified atom stereocenters. The molecule has 3 aliphatic heterocycles. The second kappa shape index (κ2) is 10.3. The highest BCUT2D eigenvalue weighted by Crippen LogP contribution is 2.34. The van der Waals surface area contributed by atoms with Crippen LogP contribution in [0.15, 0.2) is 41.3 Å². The smallest absolute Gasteiger partial charge is 0.319 e. The molecule has 5 heterocycles. The molecule has 10 heteroatoms. The van der Waals surface area contributed by atoms with Crippen molar-refractivity contribution in [2.24, 2.45) is 0 Å². The first-order valence-electron chi connectivity index (χ1n) is 15.9. The molecule has 0 saturated carbocycles. The van der Waals surface area contributed by atoms with E-state index in [2.05, 4.69) is 15.2 Å². The number of aromatic hydroxyl groups is 1. The average Bonchev–Trinajstić information content (AvgIpc) is 3.61. The Hall–Kier alpha value is -3.76. The fourth-order valence-corrected chi connectivity index (χ4v) is 6.74. The summed E-state index contributed by atoms with van der Waals surface area (Å²) in [6.07, 6.45) is 5.58. The van der Waals surface area contributed by atoms with Crippen LogP contribution in [0.3, 0.4) is 0 Å². The van der Waals surface area contributed by atoms with Gasteiger partial charge in [0, 0.05) is 53.0 Å². The Kier molecular flexibility index (Phi) is 5.72. The van der Waals surface area contributed by atoms with Crippen LogP contribution in [0.5, 0.6) is 11.8 Å². The molecule has 4 aromatic rings. The molecule has 0 spiro atoms. The molecular weight excluding hydrogens is 523 g/mol. The zero-order valence-corrected chi connectivity index (χ0v) is 22.9. The van der Waals surface area contributed by atoms with Crippen LogP contribution in [0.1, 0.15) is 42.3 Å². The summed E-state index contributed by atoms with van der Waals surface area (Å²) in [5.41, 5.74) is 0.467. The number of halogens is 1. The molecule has 2 N–H and O–H groups in total. The molecular formula is C31H35FN6O3. The van der Waals surface area contributed by atoms with Gasteiger partial charge in [0.2, 0.25) is 0 Å². The van der Waals surface area contributed by atoms with Crippen LogP contribution >= 0.6 is 0 Å². The third-order valence-electron chi connectivity index (χ3n) is 8.76. The lowest BCUT2D eigenvalue weighted by Crippen LogP contribution is -2.51. The molecule has 2 bridgehead atoms. The van der Waals surface area contributed by atoms with E-state index < -0.39 is 12.5 Å². The molecule has 0 radical (unpaired) electrons. The summed E-state index contributed by atoms with van der Waals surface area (Å²) in [6, 6.07) is 8.08. The Morgan fingerprint density at radius 3 is 2.78 bits per heavy atom. The third-order valence-corrected chi connectivity index (χ3v) is 8.76. The van der Waals surface area contributed by atoms with E-state index in [1.54, 1.807) is 24.4 Å². The van der Waals surface area contributed by atoms with Gasteiger partial charge in [-0.2, -0.15) is 9.97 Å². The minimum Gasteiger partial charge on any atom is -0.508 e. The van der Waals surface area contributed by atoms with Crippen LogP contribution in [0.25, 0.3) is 27.4 Å². The topological polar surface area (TPSA) is 95.8 Å². The molecule has 3 fully saturated rings. The number of aryl methyl sites for hydroxylation is 1. The van der Waals surface area contributed by atoms with Gasteiger partial charge >= 0.3 is 6.01 Å². The maximum Gasteiger partial charge on any atom is 0.319 e. The Labute approximate surface area is 241 Å². The molecule has 7 rings (SSSR count). The van der Waals surface area contributed by atoms with Crippen molar-refractivity contribution in [3.8, 4) is 17.4 Å². The number of phenolic OH excluding ortho intramolecular Hbond substituents is 1. The molecule has 3 atom stereocenters. The number of pyridine rings is 1. The third kappa shape index (κ3) is 4.59. The minimum atomic E-state index is -2.23. The zero-order valence-electron chi connectivity index (χ0n) is 25.9. The van der Waals surface area contributed by atoms with E-state index in [0.717, 1.165) is 32.4 Å². The van der Waals surface area contributed by atoms with Crippen LogP contribution in [0, 0.1) is 5.82 Å². The van der Waals surface area contributed by atoms with Crippen molar-refractivity contribution in [3.63, 3.8) is 0 Å². The van der Waals surface area contributed by atoms with E-state index in [0.29, 0.717) is 64.7 Å². The number of likely N-dealkylation sites (N-methyl/N-ethyl adjacent to an activating group) is 1. The number of benzene rings is 2. The molecule has 2 aromatic carbocycles. The molecule has 214 valence electrons. The zero-order chi connectivity index (χ0) is 30.7. The van der Waals surface area contributed by atoms with Gasteiger partial charge in [-0.25, -0.2) is 4.39 Å². The summed E-state index contributed by atoms with van der Waals surface area (Å²) in [5.74, 6) is 0.160. The van der Waals surface area contributed by atoms with Gasteiger partial charge < -0.3 is 25.0 Å². The SMILES string of the molecule is [2H]C([2H])([2H])N1CCC[C@H]1COc1nc(N2C[C@H]3CC[C@@H](C2)N3)c2ccn(-c3cc(O)cc4ccc(F)c(CC)c34)c(=O)c2n1. The Morgan fingerprint density at radius 1 is 1.17 bits per heavy atom. The number of aromatic nitrogens is 3. The van der Waals surface area contributed by atoms with Gasteiger partial charge in [0.25, 0.3) is 5.56 Å². The van der Waals surface area contributed by atoms with E-state index >= 15 is 0 Å². The van der Waals surface area contributed by atoms with Crippen molar-refractivity contribution in [2.75, 3.05) is 38.1 Å². The highest BCUT2D eigenvalue weighted by atomic mass is 19.1. The second-order valence-electron chi connectivity index (χ2n) is 11.4. The number of nitrogens with zero attached hydrogens (tertiary/aromatic N) is 5. The van der Waals surface area contributed by atoms with E-state index in [9.17, 15) is 14.3 Å². The van der Waals surface area contributed by atoms with Gasteiger partial charge in [0.05, 0.1) is 11.1 Å². The summed E-state index contributed by atoms with van der Waals surface area (Å²) in [6.45, 7) is 1.59. The second-order valence-corrected chi connectivity index (χ2v) is 11.4. The molecule has 9 nitrogen and oxygen atoms in total. The number of hydrogen-bond acceptors (Lipinski definition) is 8. The van der Waals surface area contributed by atoms with Crippen molar-refractivity contribution < 1.29 is 18.3 Å². The summed E-state index contributed by atoms with van der Waals surface area (Å²) in [7, 11) is 0. The number of fused-ring (bicyclic) bond motifs is 4. The number of nitrogens with one attached hydrogen (secondary N) is 1. The lowest BCUT2D eigenvalue weighted by molar-refractivity contribution is 0.188. The summed E-state index contributed by atoms with van der Waals surface area (Å²) in [5, 5.41) is 15.9. The predicted octanol–water partition coefficient (Wildman–Crippen LogP) is 3.75. The van der Waals surface area contributed by atoms with Crippen LogP contribution < -0.4 is 20.5 Å². The first-order valence-corrected chi connectivity index (χ1v) is 14.4. The van der Waals surface area contributed by atoms with Gasteiger partial charge in [0.15, 0.2) is 0 Å². The van der Waals surface area contributed by atoms with Crippen molar-refractivity contribution in [1.29, 1.82) is 0 Å². The lowest BCUT2D eigenvalue weighted by atomic mass is 9.99. The van der Waals surface area contributed by atoms with E-state index in [-0.39, 0.29) is 35.7 Å². The number of phenols is 1. The monoisotopic (exact) mass is 561 g/mol. The molecule has 0 aliphatic carbocycles. The largest absolute Gasteiger partial charge is 0.508 e. The van der Waals surface area contributed by atoms with Crippen LogP contribution in [-0.4, -0.2) is 75.9 Å². The molecule has 3 saturated heterocycles. The highest BCUT2D eigenvalue weighted by molar-refractivity contribution is 5.95. The Balaban J connectivity index is 1.36. The summed E-state index contributed by atoms with van der Waals surface area (Å²) in [4.78, 5) is 27.3. The van der Waals surface area contributed by atoms with Gasteiger partial charge in [-0.15, -0.1) is 0 Å². The highest BCUT2D eigenvalue weighted by Gasteiger charge is 2.34. The quantitative estimate of drug-likeness (QED) is 0.368. The lowest BCUT2D eigenvalue weighted by Gasteiger charge is -2.34. The van der Waals surface area contributed by atoms with Gasteiger partial charge in [-0.3, -0.25) is 9.36 Å². The first kappa shape index (κ1) is 22.9. The average molecular weight is 562 g/mol. The van der Waals surface area contributed by atoms with Crippen LogP contribution in [0.4, 0.5) is 10.2 Å². The van der Waals surface area contributed by atoms with Crippen molar-refractivity contribution in [1.82, 2.24) is 24.8 Å². The Morgan fingerprint density at radius 2 is 2.00 bits per heavy atom. The Bertz CT molecular complexity index is 1800. The van der Waals surface area contributed by atoms with Crippen LogP contribution in [-0.2, 0) is 6.42 Å². The normalized spacial score (nSPS) is 24.1. The van der Waals surface area contributed by atoms with Crippen molar-refractivity contribution >= 4 is 27.5 Å². The van der Waals surface area contributed by atoms with E-state index in [4.69, 9.17) is 13.8 Å². The van der Waals surface area contributed by atoms with E-state index in [1.165, 1.54) is 21.6 Å². The van der Waals surface area contributed by atoms with Crippen LogP contribution in [0.2, 0.25) is 0 Å². The number of rotatable bonds is 6. The van der Waals surface area contributed by atoms with Gasteiger partial charge in [-0.05, 0) is 74.8 Å². The van der Waals surface area contributed by atoms with E-state index in [1.807, 2.05) is 6.92 Å². The predicted molar refractivity (Wildman–Crippen MR) is 157 cm³/mol. The maximum atomic E-state index is 14.9. The van der Waals surface area contributed by atoms with Gasteiger partial charge in [0.1, 0.15) is 29.5 Å². The minimum absolute atomic E-state index is 0.00619. The molecule has 0 amide bonds. The number of piperazine rings is 1. The van der Waals surface area contributed by atoms with Gasteiger partial charge in [-0.1, -0.05) is 13.0 Å². The summed E-state index contributed by atoms with van der Waals surface area (Å²) < 4.78 is 46.0. The molecule has 41 heavy (non-hydrogen) atoms. The number of likely N-dealkylation sites (tertiary alicyclic amines) is 1. The summed E-state index contributed by atoms with van der Waals surface area (Å²) >= 11 is 0. The number of hydrogen-bond donors (Lipinski definition) is 2.